The number of nitrogens with one attached hydrogen (secondary N) is 1. The van der Waals surface area contributed by atoms with Gasteiger partial charge in [-0.05, 0) is 25.8 Å². The third-order valence-corrected chi connectivity index (χ3v) is 3.61. The van der Waals surface area contributed by atoms with Gasteiger partial charge in [0.1, 0.15) is 5.01 Å². The average Bonchev–Trinajstić information content (AvgIpc) is 2.85. The third-order valence-electron chi connectivity index (χ3n) is 2.66. The zero-order valence-corrected chi connectivity index (χ0v) is 10.3. The first kappa shape index (κ1) is 11.5. The number of hydrogen-bond acceptors (Lipinski definition) is 5. The van der Waals surface area contributed by atoms with E-state index in [1.165, 1.54) is 11.3 Å². The van der Waals surface area contributed by atoms with Gasteiger partial charge in [0.2, 0.25) is 0 Å². The zero-order valence-electron chi connectivity index (χ0n) is 9.53. The fraction of sp³-hybridized carbons (Fsp3) is 0.636. The monoisotopic (exact) mass is 240 g/mol. The number of nitrogens with zero attached hydrogens (tertiary/aromatic N) is 1. The van der Waals surface area contributed by atoms with Crippen LogP contribution in [0.4, 0.5) is 0 Å². The molecule has 0 radical (unpaired) electrons. The van der Waals surface area contributed by atoms with Crippen molar-refractivity contribution in [3.8, 4) is 0 Å². The lowest BCUT2D eigenvalue weighted by atomic mass is 10.1. The number of ether oxygens (including phenoxy) is 1. The molecule has 1 saturated heterocycles. The van der Waals surface area contributed by atoms with E-state index in [1.807, 2.05) is 0 Å². The van der Waals surface area contributed by atoms with Crippen molar-refractivity contribution >= 4 is 17.3 Å². The van der Waals surface area contributed by atoms with Crippen molar-refractivity contribution in [2.24, 2.45) is 5.92 Å². The molecule has 0 saturated carbocycles. The average molecular weight is 240 g/mol. The number of esters is 1. The normalized spacial score (nSPS) is 24.6. The summed E-state index contributed by atoms with van der Waals surface area (Å²) in [5, 5.41) is 6.17. The first-order valence-corrected chi connectivity index (χ1v) is 6.44. The van der Waals surface area contributed by atoms with Crippen LogP contribution in [0.3, 0.4) is 0 Å². The van der Waals surface area contributed by atoms with Gasteiger partial charge in [-0.1, -0.05) is 6.92 Å². The standard InChI is InChI=1S/C11H16N2O2S/c1-3-15-11(14)9-6-16-10(13-9)8-4-7(2)5-12-8/h6-8,12H,3-5H2,1-2H3/t7-,8+/m0/s1. The summed E-state index contributed by atoms with van der Waals surface area (Å²) in [5.41, 5.74) is 0.434. The fourth-order valence-corrected chi connectivity index (χ4v) is 2.72. The second-order valence-electron chi connectivity index (χ2n) is 4.09. The van der Waals surface area contributed by atoms with Crippen molar-refractivity contribution in [1.29, 1.82) is 0 Å². The first-order valence-electron chi connectivity index (χ1n) is 5.56. The molecule has 0 aromatic carbocycles. The van der Waals surface area contributed by atoms with Crippen LogP contribution in [0.15, 0.2) is 5.38 Å². The Labute approximate surface area is 99.0 Å². The molecule has 0 amide bonds. The molecule has 1 fully saturated rings. The lowest BCUT2D eigenvalue weighted by molar-refractivity contribution is 0.0520. The molecular weight excluding hydrogens is 224 g/mol. The maximum absolute atomic E-state index is 11.4. The molecule has 16 heavy (non-hydrogen) atoms. The van der Waals surface area contributed by atoms with Gasteiger partial charge in [0.25, 0.3) is 0 Å². The van der Waals surface area contributed by atoms with Gasteiger partial charge in [0, 0.05) is 5.38 Å². The van der Waals surface area contributed by atoms with E-state index in [0.29, 0.717) is 24.3 Å². The van der Waals surface area contributed by atoms with Gasteiger partial charge in [0.05, 0.1) is 12.6 Å². The molecule has 1 aliphatic rings. The minimum absolute atomic E-state index is 0.308. The number of carbonyl (C=O) groups excluding carboxylic acids is 1. The lowest BCUT2D eigenvalue weighted by Crippen LogP contribution is -2.13. The Morgan fingerprint density at radius 1 is 1.75 bits per heavy atom. The maximum Gasteiger partial charge on any atom is 0.357 e. The van der Waals surface area contributed by atoms with Crippen molar-refractivity contribution in [3.05, 3.63) is 16.1 Å². The summed E-state index contributed by atoms with van der Waals surface area (Å²) in [7, 11) is 0. The number of rotatable bonds is 3. The zero-order chi connectivity index (χ0) is 11.5. The molecule has 1 aliphatic heterocycles. The van der Waals surface area contributed by atoms with E-state index in [2.05, 4.69) is 17.2 Å². The Bertz CT molecular complexity index is 378. The Kier molecular flexibility index (Phi) is 3.56. The highest BCUT2D eigenvalue weighted by atomic mass is 32.1. The van der Waals surface area contributed by atoms with Crippen molar-refractivity contribution < 1.29 is 9.53 Å². The third kappa shape index (κ3) is 2.41. The molecule has 2 heterocycles. The molecule has 0 bridgehead atoms. The van der Waals surface area contributed by atoms with Crippen LogP contribution in [0, 0.1) is 5.92 Å². The first-order chi connectivity index (χ1) is 7.70. The molecule has 88 valence electrons. The number of aromatic nitrogens is 1. The lowest BCUT2D eigenvalue weighted by Gasteiger charge is -2.04. The quantitative estimate of drug-likeness (QED) is 0.821. The molecule has 0 aliphatic carbocycles. The largest absolute Gasteiger partial charge is 0.461 e. The highest BCUT2D eigenvalue weighted by molar-refractivity contribution is 7.09. The van der Waals surface area contributed by atoms with Crippen molar-refractivity contribution in [2.75, 3.05) is 13.2 Å². The van der Waals surface area contributed by atoms with Crippen LogP contribution in [-0.4, -0.2) is 24.1 Å². The second-order valence-corrected chi connectivity index (χ2v) is 4.98. The number of thiazole rings is 1. The van der Waals surface area contributed by atoms with Gasteiger partial charge in [-0.3, -0.25) is 0 Å². The van der Waals surface area contributed by atoms with Crippen LogP contribution in [0.5, 0.6) is 0 Å². The predicted octanol–water partition coefficient (Wildman–Crippen LogP) is 1.99. The van der Waals surface area contributed by atoms with Crippen molar-refractivity contribution in [1.82, 2.24) is 10.3 Å². The highest BCUT2D eigenvalue weighted by Crippen LogP contribution is 2.28. The van der Waals surface area contributed by atoms with Crippen LogP contribution in [0.2, 0.25) is 0 Å². The van der Waals surface area contributed by atoms with Crippen LogP contribution in [-0.2, 0) is 4.74 Å². The van der Waals surface area contributed by atoms with E-state index in [-0.39, 0.29) is 5.97 Å². The Balaban J connectivity index is 2.04. The van der Waals surface area contributed by atoms with Crippen LogP contribution < -0.4 is 5.32 Å². The highest BCUT2D eigenvalue weighted by Gasteiger charge is 2.25. The SMILES string of the molecule is CCOC(=O)c1csc([C@H]2C[C@H](C)CN2)n1. The van der Waals surface area contributed by atoms with Gasteiger partial charge in [-0.2, -0.15) is 0 Å². The Hall–Kier alpha value is -0.940. The number of carbonyl (C=O) groups is 1. The van der Waals surface area contributed by atoms with Crippen molar-refractivity contribution in [3.63, 3.8) is 0 Å². The fourth-order valence-electron chi connectivity index (χ4n) is 1.85. The molecule has 1 N–H and O–H groups in total. The molecule has 1 aromatic rings. The summed E-state index contributed by atoms with van der Waals surface area (Å²) in [6.45, 7) is 5.43. The van der Waals surface area contributed by atoms with E-state index < -0.39 is 0 Å². The molecule has 4 nitrogen and oxygen atoms in total. The van der Waals surface area contributed by atoms with Gasteiger partial charge >= 0.3 is 5.97 Å². The molecule has 0 unspecified atom stereocenters. The summed E-state index contributed by atoms with van der Waals surface area (Å²) in [6, 6.07) is 0.308. The van der Waals surface area contributed by atoms with Crippen LogP contribution in [0.1, 0.15) is 41.8 Å². The molecule has 1 aromatic heterocycles. The minimum Gasteiger partial charge on any atom is -0.461 e. The molecule has 2 rings (SSSR count). The molecule has 0 spiro atoms. The summed E-state index contributed by atoms with van der Waals surface area (Å²) in [6.07, 6.45) is 1.09. The summed E-state index contributed by atoms with van der Waals surface area (Å²) >= 11 is 1.53. The molecule has 2 atom stereocenters. The number of hydrogen-bond donors (Lipinski definition) is 1. The van der Waals surface area contributed by atoms with Gasteiger partial charge in [-0.25, -0.2) is 9.78 Å². The maximum atomic E-state index is 11.4. The van der Waals surface area contributed by atoms with Gasteiger partial charge < -0.3 is 10.1 Å². The van der Waals surface area contributed by atoms with Crippen molar-refractivity contribution in [2.45, 2.75) is 26.3 Å². The summed E-state index contributed by atoms with van der Waals surface area (Å²) in [5.74, 6) is 0.357. The predicted molar refractivity (Wildman–Crippen MR) is 62.6 cm³/mol. The van der Waals surface area contributed by atoms with Gasteiger partial charge in [0.15, 0.2) is 5.69 Å². The van der Waals surface area contributed by atoms with E-state index in [9.17, 15) is 4.79 Å². The molecule has 5 heteroatoms. The Morgan fingerprint density at radius 2 is 2.56 bits per heavy atom. The van der Waals surface area contributed by atoms with Gasteiger partial charge in [-0.15, -0.1) is 11.3 Å². The molecular formula is C11H16N2O2S. The minimum atomic E-state index is -0.323. The summed E-state index contributed by atoms with van der Waals surface area (Å²) < 4.78 is 4.91. The van der Waals surface area contributed by atoms with E-state index in [4.69, 9.17) is 4.74 Å². The topological polar surface area (TPSA) is 51.2 Å². The van der Waals surface area contributed by atoms with E-state index >= 15 is 0 Å². The summed E-state index contributed by atoms with van der Waals surface area (Å²) in [4.78, 5) is 15.8. The Morgan fingerprint density at radius 3 is 3.19 bits per heavy atom. The van der Waals surface area contributed by atoms with Crippen LogP contribution in [0.25, 0.3) is 0 Å². The van der Waals surface area contributed by atoms with Crippen LogP contribution >= 0.6 is 11.3 Å². The van der Waals surface area contributed by atoms with E-state index in [1.54, 1.807) is 12.3 Å². The second kappa shape index (κ2) is 4.93. The smallest absolute Gasteiger partial charge is 0.357 e. The van der Waals surface area contributed by atoms with E-state index in [0.717, 1.165) is 18.0 Å².